The van der Waals surface area contributed by atoms with Gasteiger partial charge in [-0.2, -0.15) is 0 Å². The van der Waals surface area contributed by atoms with E-state index in [-0.39, 0.29) is 0 Å². The molecular weight excluding hydrogens is 198 g/mol. The molecule has 0 atom stereocenters. The van der Waals surface area contributed by atoms with Gasteiger partial charge >= 0.3 is 0 Å². The van der Waals surface area contributed by atoms with Crippen LogP contribution >= 0.6 is 0 Å². The maximum atomic E-state index is 4.44. The number of pyridine rings is 1. The van der Waals surface area contributed by atoms with Crippen LogP contribution in [0.15, 0.2) is 24.5 Å². The van der Waals surface area contributed by atoms with Crippen LogP contribution in [0.25, 0.3) is 11.3 Å². The zero-order valence-electron chi connectivity index (χ0n) is 9.99. The van der Waals surface area contributed by atoms with E-state index in [1.165, 1.54) is 0 Å². The fraction of sp³-hybridized carbons (Fsp3) is 0.385. The molecule has 16 heavy (non-hydrogen) atoms. The Morgan fingerprint density at radius 3 is 2.50 bits per heavy atom. The number of hydrogen-bond donors (Lipinski definition) is 1. The Hall–Kier alpha value is -1.64. The van der Waals surface area contributed by atoms with Crippen molar-refractivity contribution in [2.45, 2.75) is 33.1 Å². The first-order chi connectivity index (χ1) is 7.70. The maximum Gasteiger partial charge on any atom is 0.106 e. The molecule has 84 valence electrons. The average molecular weight is 215 g/mol. The van der Waals surface area contributed by atoms with Crippen molar-refractivity contribution < 1.29 is 0 Å². The molecule has 0 aliphatic heterocycles. The fourth-order valence-electron chi connectivity index (χ4n) is 1.59. The van der Waals surface area contributed by atoms with Crippen molar-refractivity contribution in [3.8, 4) is 11.3 Å². The fourth-order valence-corrected chi connectivity index (χ4v) is 1.59. The Balaban J connectivity index is 2.27. The van der Waals surface area contributed by atoms with Crippen LogP contribution < -0.4 is 0 Å². The van der Waals surface area contributed by atoms with Crippen molar-refractivity contribution in [3.05, 3.63) is 36.0 Å². The molecule has 0 aromatic carbocycles. The van der Waals surface area contributed by atoms with E-state index in [2.05, 4.69) is 47.9 Å². The van der Waals surface area contributed by atoms with Gasteiger partial charge in [0.25, 0.3) is 0 Å². The Kier molecular flexibility index (Phi) is 3.04. The number of aryl methyl sites for hydroxylation is 1. The Morgan fingerprint density at radius 2 is 2.00 bits per heavy atom. The molecule has 2 aromatic rings. The van der Waals surface area contributed by atoms with Crippen LogP contribution in [0.4, 0.5) is 0 Å². The van der Waals surface area contributed by atoms with Crippen molar-refractivity contribution in [1.29, 1.82) is 0 Å². The van der Waals surface area contributed by atoms with Gasteiger partial charge in [0, 0.05) is 23.9 Å². The van der Waals surface area contributed by atoms with Crippen LogP contribution in [0.5, 0.6) is 0 Å². The average Bonchev–Trinajstić information content (AvgIpc) is 2.77. The normalized spacial score (nSPS) is 11.0. The summed E-state index contributed by atoms with van der Waals surface area (Å²) in [6.07, 6.45) is 4.70. The van der Waals surface area contributed by atoms with Crippen LogP contribution in [-0.2, 0) is 6.42 Å². The molecule has 0 aliphatic rings. The van der Waals surface area contributed by atoms with E-state index in [1.807, 2.05) is 12.4 Å². The largest absolute Gasteiger partial charge is 0.342 e. The summed E-state index contributed by atoms with van der Waals surface area (Å²) < 4.78 is 0. The van der Waals surface area contributed by atoms with Crippen LogP contribution in [0.3, 0.4) is 0 Å². The zero-order chi connectivity index (χ0) is 11.5. The maximum absolute atomic E-state index is 4.44. The Morgan fingerprint density at radius 1 is 1.19 bits per heavy atom. The number of imidazole rings is 1. The van der Waals surface area contributed by atoms with E-state index in [4.69, 9.17) is 0 Å². The molecule has 1 N–H and O–H groups in total. The molecular formula is C13H17N3. The molecule has 2 rings (SSSR count). The molecule has 0 unspecified atom stereocenters. The third-order valence-corrected chi connectivity index (χ3v) is 2.65. The summed E-state index contributed by atoms with van der Waals surface area (Å²) in [7, 11) is 0. The first kappa shape index (κ1) is 10.9. The van der Waals surface area contributed by atoms with Gasteiger partial charge in [-0.1, -0.05) is 20.8 Å². The molecule has 3 heteroatoms. The van der Waals surface area contributed by atoms with Crippen LogP contribution in [0.2, 0.25) is 0 Å². The summed E-state index contributed by atoms with van der Waals surface area (Å²) in [4.78, 5) is 12.0. The van der Waals surface area contributed by atoms with Gasteiger partial charge in [-0.25, -0.2) is 4.98 Å². The zero-order valence-corrected chi connectivity index (χ0v) is 9.99. The predicted molar refractivity (Wildman–Crippen MR) is 65.3 cm³/mol. The highest BCUT2D eigenvalue weighted by atomic mass is 14.9. The molecule has 0 spiro atoms. The quantitative estimate of drug-likeness (QED) is 0.854. The minimum Gasteiger partial charge on any atom is -0.342 e. The molecule has 0 bridgehead atoms. The van der Waals surface area contributed by atoms with Gasteiger partial charge < -0.3 is 4.98 Å². The smallest absolute Gasteiger partial charge is 0.106 e. The monoisotopic (exact) mass is 215 g/mol. The number of aromatic nitrogens is 3. The number of hydrogen-bond acceptors (Lipinski definition) is 2. The first-order valence-electron chi connectivity index (χ1n) is 5.71. The molecule has 2 heterocycles. The van der Waals surface area contributed by atoms with E-state index in [1.54, 1.807) is 0 Å². The highest BCUT2D eigenvalue weighted by Gasteiger charge is 2.04. The summed E-state index contributed by atoms with van der Waals surface area (Å²) in [5, 5.41) is 0. The predicted octanol–water partition coefficient (Wildman–Crippen LogP) is 3.16. The van der Waals surface area contributed by atoms with Crippen LogP contribution in [0.1, 0.15) is 38.2 Å². The molecule has 0 aliphatic carbocycles. The molecule has 2 aromatic heterocycles. The molecule has 0 fully saturated rings. The minimum absolute atomic E-state index is 0.474. The van der Waals surface area contributed by atoms with Gasteiger partial charge in [0.2, 0.25) is 0 Å². The summed E-state index contributed by atoms with van der Waals surface area (Å²) in [6, 6.07) is 4.17. The molecule has 0 amide bonds. The molecule has 0 saturated heterocycles. The lowest BCUT2D eigenvalue weighted by molar-refractivity contribution is 0.823. The van der Waals surface area contributed by atoms with Gasteiger partial charge in [0.15, 0.2) is 0 Å². The van der Waals surface area contributed by atoms with E-state index < -0.39 is 0 Å². The van der Waals surface area contributed by atoms with Crippen molar-refractivity contribution >= 4 is 0 Å². The van der Waals surface area contributed by atoms with Gasteiger partial charge in [0.1, 0.15) is 5.82 Å². The first-order valence-corrected chi connectivity index (χ1v) is 5.71. The van der Waals surface area contributed by atoms with E-state index in [0.29, 0.717) is 5.92 Å². The van der Waals surface area contributed by atoms with Gasteiger partial charge in [-0.15, -0.1) is 0 Å². The number of rotatable bonds is 3. The van der Waals surface area contributed by atoms with Gasteiger partial charge in [-0.3, -0.25) is 4.98 Å². The number of H-pyrrole nitrogens is 1. The van der Waals surface area contributed by atoms with Crippen molar-refractivity contribution in [2.75, 3.05) is 0 Å². The van der Waals surface area contributed by atoms with E-state index in [9.17, 15) is 0 Å². The highest BCUT2D eigenvalue weighted by Crippen LogP contribution is 2.18. The number of aromatic amines is 1. The van der Waals surface area contributed by atoms with Crippen LogP contribution in [-0.4, -0.2) is 15.0 Å². The number of nitrogens with one attached hydrogen (secondary N) is 1. The third kappa shape index (κ3) is 2.13. The molecule has 0 saturated carbocycles. The Bertz CT molecular complexity index is 454. The van der Waals surface area contributed by atoms with E-state index >= 15 is 0 Å². The second-order valence-corrected chi connectivity index (χ2v) is 4.22. The van der Waals surface area contributed by atoms with Gasteiger partial charge in [-0.05, 0) is 18.1 Å². The molecule has 3 nitrogen and oxygen atoms in total. The van der Waals surface area contributed by atoms with Gasteiger partial charge in [0.05, 0.1) is 11.9 Å². The lowest BCUT2D eigenvalue weighted by Crippen LogP contribution is -1.92. The lowest BCUT2D eigenvalue weighted by Gasteiger charge is -2.04. The van der Waals surface area contributed by atoms with Crippen LogP contribution in [0, 0.1) is 0 Å². The minimum atomic E-state index is 0.474. The van der Waals surface area contributed by atoms with Crippen molar-refractivity contribution in [1.82, 2.24) is 15.0 Å². The lowest BCUT2D eigenvalue weighted by atomic mass is 10.1. The topological polar surface area (TPSA) is 41.6 Å². The third-order valence-electron chi connectivity index (χ3n) is 2.65. The summed E-state index contributed by atoms with van der Waals surface area (Å²) in [5.41, 5.74) is 3.26. The van der Waals surface area contributed by atoms with E-state index in [0.717, 1.165) is 29.2 Å². The summed E-state index contributed by atoms with van der Waals surface area (Å²) in [6.45, 7) is 6.38. The summed E-state index contributed by atoms with van der Waals surface area (Å²) in [5.74, 6) is 1.49. The second-order valence-electron chi connectivity index (χ2n) is 4.22. The Labute approximate surface area is 96.0 Å². The standard InChI is InChI=1S/C13H17N3/c1-4-13-15-8-12(16-13)10-5-6-11(9(2)3)14-7-10/h5-9H,4H2,1-3H3,(H,15,16). The number of nitrogens with zero attached hydrogens (tertiary/aromatic N) is 2. The van der Waals surface area contributed by atoms with Crippen molar-refractivity contribution in [2.24, 2.45) is 0 Å². The second kappa shape index (κ2) is 4.47. The summed E-state index contributed by atoms with van der Waals surface area (Å²) >= 11 is 0. The SMILES string of the molecule is CCc1ncc(-c2ccc(C(C)C)nc2)[nH]1. The molecule has 0 radical (unpaired) electrons. The van der Waals surface area contributed by atoms with Crippen molar-refractivity contribution in [3.63, 3.8) is 0 Å². The highest BCUT2D eigenvalue weighted by molar-refractivity contribution is 5.57.